The molecule has 2 saturated carbocycles. The lowest BCUT2D eigenvalue weighted by Gasteiger charge is -2.34. The summed E-state index contributed by atoms with van der Waals surface area (Å²) >= 11 is 0. The smallest absolute Gasteiger partial charge is 0.279 e. The average Bonchev–Trinajstić information content (AvgIpc) is 3.07. The van der Waals surface area contributed by atoms with Gasteiger partial charge in [-0.3, -0.25) is 0 Å². The molecule has 0 radical (unpaired) electrons. The van der Waals surface area contributed by atoms with Crippen LogP contribution in [0, 0.1) is 17.8 Å². The molecular weight excluding hydrogens is 276 g/mol. The van der Waals surface area contributed by atoms with Gasteiger partial charge in [0.1, 0.15) is 0 Å². The van der Waals surface area contributed by atoms with Crippen molar-refractivity contribution in [1.82, 2.24) is 9.03 Å². The maximum Gasteiger partial charge on any atom is 0.279 e. The van der Waals surface area contributed by atoms with Gasteiger partial charge in [0.05, 0.1) is 6.61 Å². The van der Waals surface area contributed by atoms with Gasteiger partial charge in [0.25, 0.3) is 10.2 Å². The number of hydrogen-bond donors (Lipinski definition) is 2. The zero-order valence-electron chi connectivity index (χ0n) is 12.0. The molecule has 1 aliphatic heterocycles. The molecule has 0 spiro atoms. The number of hydrogen-bond acceptors (Lipinski definition) is 3. The van der Waals surface area contributed by atoms with Crippen LogP contribution in [-0.2, 0) is 10.2 Å². The van der Waals surface area contributed by atoms with E-state index in [4.69, 9.17) is 0 Å². The number of aliphatic hydroxyl groups excluding tert-OH is 1. The lowest BCUT2D eigenvalue weighted by molar-refractivity contribution is 0.153. The SMILES string of the molecule is O=S(=O)(NCC1CC2CCC1C2)N1CCCCC1CO. The van der Waals surface area contributed by atoms with E-state index in [0.29, 0.717) is 19.0 Å². The molecule has 20 heavy (non-hydrogen) atoms. The number of rotatable bonds is 5. The summed E-state index contributed by atoms with van der Waals surface area (Å²) in [5.41, 5.74) is 0. The van der Waals surface area contributed by atoms with Crippen LogP contribution in [0.5, 0.6) is 0 Å². The van der Waals surface area contributed by atoms with Gasteiger partial charge in [0.2, 0.25) is 0 Å². The van der Waals surface area contributed by atoms with E-state index in [1.807, 2.05) is 0 Å². The number of fused-ring (bicyclic) bond motifs is 2. The van der Waals surface area contributed by atoms with Gasteiger partial charge in [-0.2, -0.15) is 12.7 Å². The second-order valence-corrected chi connectivity index (χ2v) is 8.44. The molecule has 2 aliphatic carbocycles. The molecule has 0 aromatic carbocycles. The molecule has 2 N–H and O–H groups in total. The molecule has 3 rings (SSSR count). The van der Waals surface area contributed by atoms with Gasteiger partial charge in [-0.25, -0.2) is 4.72 Å². The molecule has 1 heterocycles. The predicted octanol–water partition coefficient (Wildman–Crippen LogP) is 1.10. The van der Waals surface area contributed by atoms with Crippen LogP contribution in [0.4, 0.5) is 0 Å². The summed E-state index contributed by atoms with van der Waals surface area (Å²) in [7, 11) is -3.43. The summed E-state index contributed by atoms with van der Waals surface area (Å²) in [6, 6.07) is -0.235. The Balaban J connectivity index is 1.57. The molecule has 0 aromatic rings. The van der Waals surface area contributed by atoms with Gasteiger partial charge in [0, 0.05) is 19.1 Å². The first-order valence-corrected chi connectivity index (χ1v) is 9.41. The van der Waals surface area contributed by atoms with Crippen LogP contribution in [0.15, 0.2) is 0 Å². The Labute approximate surface area is 121 Å². The summed E-state index contributed by atoms with van der Waals surface area (Å²) in [6.07, 6.45) is 7.78. The third kappa shape index (κ3) is 2.89. The molecule has 5 nitrogen and oxygen atoms in total. The van der Waals surface area contributed by atoms with E-state index in [1.165, 1.54) is 30.0 Å². The standard InChI is InChI=1S/C14H26N2O3S/c17-10-14-3-1-2-6-16(14)20(18,19)15-9-13-8-11-4-5-12(13)7-11/h11-15,17H,1-10H2. The number of piperidine rings is 1. The Hall–Kier alpha value is -0.170. The van der Waals surface area contributed by atoms with Crippen molar-refractivity contribution >= 4 is 10.2 Å². The van der Waals surface area contributed by atoms with Crippen molar-refractivity contribution in [1.29, 1.82) is 0 Å². The third-order valence-corrected chi connectivity index (χ3v) is 7.13. The monoisotopic (exact) mass is 302 g/mol. The Morgan fingerprint density at radius 1 is 1.15 bits per heavy atom. The Bertz CT molecular complexity index is 440. The van der Waals surface area contributed by atoms with E-state index in [2.05, 4.69) is 4.72 Å². The van der Waals surface area contributed by atoms with Crippen LogP contribution >= 0.6 is 0 Å². The maximum atomic E-state index is 12.4. The van der Waals surface area contributed by atoms with Gasteiger partial charge in [-0.1, -0.05) is 12.8 Å². The minimum absolute atomic E-state index is 0.0744. The summed E-state index contributed by atoms with van der Waals surface area (Å²) in [4.78, 5) is 0. The first kappa shape index (κ1) is 14.8. The second-order valence-electron chi connectivity index (χ2n) is 6.73. The molecule has 3 fully saturated rings. The zero-order chi connectivity index (χ0) is 14.2. The zero-order valence-corrected chi connectivity index (χ0v) is 12.8. The highest BCUT2D eigenvalue weighted by Crippen LogP contribution is 2.48. The van der Waals surface area contributed by atoms with Crippen LogP contribution in [0.3, 0.4) is 0 Å². The Morgan fingerprint density at radius 2 is 2.00 bits per heavy atom. The van der Waals surface area contributed by atoms with Crippen molar-refractivity contribution in [3.63, 3.8) is 0 Å². The molecule has 1 saturated heterocycles. The molecule has 4 atom stereocenters. The van der Waals surface area contributed by atoms with Crippen LogP contribution in [0.2, 0.25) is 0 Å². The van der Waals surface area contributed by atoms with E-state index in [-0.39, 0.29) is 12.6 Å². The van der Waals surface area contributed by atoms with Crippen LogP contribution in [-0.4, -0.2) is 43.6 Å². The Morgan fingerprint density at radius 3 is 2.65 bits per heavy atom. The predicted molar refractivity (Wildman–Crippen MR) is 77.3 cm³/mol. The second kappa shape index (κ2) is 5.91. The summed E-state index contributed by atoms with van der Waals surface area (Å²) in [6.45, 7) is 1.05. The summed E-state index contributed by atoms with van der Waals surface area (Å²) < 4.78 is 29.1. The molecule has 2 bridgehead atoms. The quantitative estimate of drug-likeness (QED) is 0.799. The molecule has 6 heteroatoms. The van der Waals surface area contributed by atoms with E-state index in [1.54, 1.807) is 0 Å². The van der Waals surface area contributed by atoms with Crippen molar-refractivity contribution in [2.45, 2.75) is 51.0 Å². The molecule has 0 aromatic heterocycles. The molecule has 116 valence electrons. The minimum Gasteiger partial charge on any atom is -0.395 e. The lowest BCUT2D eigenvalue weighted by atomic mass is 9.89. The average molecular weight is 302 g/mol. The largest absolute Gasteiger partial charge is 0.395 e. The molecular formula is C14H26N2O3S. The Kier molecular flexibility index (Phi) is 4.36. The van der Waals surface area contributed by atoms with Crippen molar-refractivity contribution in [3.8, 4) is 0 Å². The normalized spacial score (nSPS) is 38.5. The van der Waals surface area contributed by atoms with Crippen molar-refractivity contribution < 1.29 is 13.5 Å². The summed E-state index contributed by atoms with van der Waals surface area (Å²) in [5.74, 6) is 2.10. The van der Waals surface area contributed by atoms with Crippen LogP contribution in [0.1, 0.15) is 44.9 Å². The van der Waals surface area contributed by atoms with Gasteiger partial charge in [0.15, 0.2) is 0 Å². The topological polar surface area (TPSA) is 69.6 Å². The molecule has 4 unspecified atom stereocenters. The van der Waals surface area contributed by atoms with Gasteiger partial charge in [-0.15, -0.1) is 0 Å². The lowest BCUT2D eigenvalue weighted by Crippen LogP contribution is -2.51. The first-order chi connectivity index (χ1) is 9.60. The molecule has 0 amide bonds. The fourth-order valence-electron chi connectivity index (χ4n) is 4.39. The number of nitrogens with zero attached hydrogens (tertiary/aromatic N) is 1. The van der Waals surface area contributed by atoms with Gasteiger partial charge in [-0.05, 0) is 49.9 Å². The highest BCUT2D eigenvalue weighted by Gasteiger charge is 2.40. The van der Waals surface area contributed by atoms with E-state index < -0.39 is 10.2 Å². The molecule has 3 aliphatic rings. The fourth-order valence-corrected chi connectivity index (χ4v) is 5.92. The van der Waals surface area contributed by atoms with Crippen molar-refractivity contribution in [2.24, 2.45) is 17.8 Å². The van der Waals surface area contributed by atoms with Crippen molar-refractivity contribution in [3.05, 3.63) is 0 Å². The minimum atomic E-state index is -3.43. The third-order valence-electron chi connectivity index (χ3n) is 5.51. The van der Waals surface area contributed by atoms with E-state index in [0.717, 1.165) is 31.1 Å². The highest BCUT2D eigenvalue weighted by atomic mass is 32.2. The van der Waals surface area contributed by atoms with Crippen LogP contribution < -0.4 is 4.72 Å². The van der Waals surface area contributed by atoms with Crippen molar-refractivity contribution in [2.75, 3.05) is 19.7 Å². The summed E-state index contributed by atoms with van der Waals surface area (Å²) in [5, 5.41) is 9.36. The fraction of sp³-hybridized carbons (Fsp3) is 1.00. The highest BCUT2D eigenvalue weighted by molar-refractivity contribution is 7.87. The maximum absolute atomic E-state index is 12.4. The van der Waals surface area contributed by atoms with Crippen LogP contribution in [0.25, 0.3) is 0 Å². The number of aliphatic hydroxyl groups is 1. The number of nitrogens with one attached hydrogen (secondary N) is 1. The van der Waals surface area contributed by atoms with Gasteiger partial charge >= 0.3 is 0 Å². The van der Waals surface area contributed by atoms with Gasteiger partial charge < -0.3 is 5.11 Å². The first-order valence-electron chi connectivity index (χ1n) is 7.97. The van der Waals surface area contributed by atoms with E-state index in [9.17, 15) is 13.5 Å². The van der Waals surface area contributed by atoms with E-state index >= 15 is 0 Å².